The molecule has 2 aromatic heterocycles. The standard InChI is InChI=1S/C17H9F2N3O/c18-16-2-1-11(6-17(16)19)12-5-15(10-21-9-12)23-14-3-4-22-13(7-14)8-20/h1-7,9-10H. The number of hydrogen-bond acceptors (Lipinski definition) is 4. The van der Waals surface area contributed by atoms with E-state index in [2.05, 4.69) is 9.97 Å². The summed E-state index contributed by atoms with van der Waals surface area (Å²) in [5.74, 6) is -1.00. The molecule has 0 fully saturated rings. The van der Waals surface area contributed by atoms with Gasteiger partial charge >= 0.3 is 0 Å². The number of halogens is 2. The highest BCUT2D eigenvalue weighted by molar-refractivity contribution is 5.64. The van der Waals surface area contributed by atoms with E-state index >= 15 is 0 Å². The van der Waals surface area contributed by atoms with E-state index in [4.69, 9.17) is 10.00 Å². The Morgan fingerprint density at radius 3 is 2.57 bits per heavy atom. The Labute approximate surface area is 130 Å². The molecule has 0 amide bonds. The average molecular weight is 309 g/mol. The Hall–Kier alpha value is -3.33. The normalized spacial score (nSPS) is 10.1. The van der Waals surface area contributed by atoms with Crippen molar-refractivity contribution in [2.75, 3.05) is 0 Å². The zero-order valence-corrected chi connectivity index (χ0v) is 11.7. The van der Waals surface area contributed by atoms with E-state index in [9.17, 15) is 8.78 Å². The molecule has 0 aliphatic heterocycles. The van der Waals surface area contributed by atoms with Crippen molar-refractivity contribution in [1.29, 1.82) is 5.26 Å². The number of benzene rings is 1. The summed E-state index contributed by atoms with van der Waals surface area (Å²) in [5.41, 5.74) is 1.29. The Balaban J connectivity index is 1.90. The lowest BCUT2D eigenvalue weighted by Crippen LogP contribution is -1.90. The summed E-state index contributed by atoms with van der Waals surface area (Å²) in [5, 5.41) is 8.82. The van der Waals surface area contributed by atoms with Crippen molar-refractivity contribution in [2.45, 2.75) is 0 Å². The number of rotatable bonds is 3. The van der Waals surface area contributed by atoms with E-state index in [0.29, 0.717) is 22.6 Å². The predicted octanol–water partition coefficient (Wildman–Crippen LogP) is 4.09. The zero-order chi connectivity index (χ0) is 16.2. The molecule has 6 heteroatoms. The minimum atomic E-state index is -0.929. The number of nitriles is 1. The maximum absolute atomic E-state index is 13.3. The number of aromatic nitrogens is 2. The van der Waals surface area contributed by atoms with Gasteiger partial charge in [-0.25, -0.2) is 13.8 Å². The summed E-state index contributed by atoms with van der Waals surface area (Å²) in [6, 6.07) is 10.3. The van der Waals surface area contributed by atoms with Gasteiger partial charge in [-0.15, -0.1) is 0 Å². The highest BCUT2D eigenvalue weighted by Crippen LogP contribution is 2.27. The van der Waals surface area contributed by atoms with E-state index < -0.39 is 11.6 Å². The summed E-state index contributed by atoms with van der Waals surface area (Å²) in [6.45, 7) is 0. The number of ether oxygens (including phenoxy) is 1. The number of nitrogens with zero attached hydrogens (tertiary/aromatic N) is 3. The van der Waals surface area contributed by atoms with E-state index in [-0.39, 0.29) is 5.69 Å². The third-order valence-corrected chi connectivity index (χ3v) is 3.05. The molecule has 1 aromatic carbocycles. The predicted molar refractivity (Wildman–Crippen MR) is 78.6 cm³/mol. The van der Waals surface area contributed by atoms with Crippen LogP contribution in [0.5, 0.6) is 11.5 Å². The van der Waals surface area contributed by atoms with Crippen LogP contribution in [-0.4, -0.2) is 9.97 Å². The molecule has 0 aliphatic carbocycles. The van der Waals surface area contributed by atoms with Gasteiger partial charge in [0.2, 0.25) is 0 Å². The molecule has 23 heavy (non-hydrogen) atoms. The lowest BCUT2D eigenvalue weighted by molar-refractivity contribution is 0.479. The van der Waals surface area contributed by atoms with E-state index in [1.807, 2.05) is 6.07 Å². The van der Waals surface area contributed by atoms with Crippen LogP contribution >= 0.6 is 0 Å². The Morgan fingerprint density at radius 2 is 1.78 bits per heavy atom. The van der Waals surface area contributed by atoms with Gasteiger partial charge < -0.3 is 4.74 Å². The van der Waals surface area contributed by atoms with Crippen LogP contribution in [0.4, 0.5) is 8.78 Å². The molecule has 0 aliphatic rings. The topological polar surface area (TPSA) is 58.8 Å². The van der Waals surface area contributed by atoms with Gasteiger partial charge in [0.1, 0.15) is 23.3 Å². The van der Waals surface area contributed by atoms with E-state index in [0.717, 1.165) is 12.1 Å². The van der Waals surface area contributed by atoms with E-state index in [1.165, 1.54) is 30.7 Å². The van der Waals surface area contributed by atoms with Gasteiger partial charge in [-0.2, -0.15) is 5.26 Å². The van der Waals surface area contributed by atoms with Crippen molar-refractivity contribution in [3.05, 3.63) is 72.3 Å². The van der Waals surface area contributed by atoms with Crippen LogP contribution < -0.4 is 4.74 Å². The van der Waals surface area contributed by atoms with E-state index in [1.54, 1.807) is 12.1 Å². The average Bonchev–Trinajstić information content (AvgIpc) is 2.58. The fraction of sp³-hybridized carbons (Fsp3) is 0. The van der Waals surface area contributed by atoms with Gasteiger partial charge in [-0.3, -0.25) is 4.98 Å². The van der Waals surface area contributed by atoms with Crippen molar-refractivity contribution in [3.8, 4) is 28.7 Å². The second-order valence-corrected chi connectivity index (χ2v) is 4.63. The molecular weight excluding hydrogens is 300 g/mol. The zero-order valence-electron chi connectivity index (χ0n) is 11.7. The van der Waals surface area contributed by atoms with Crippen LogP contribution in [0.2, 0.25) is 0 Å². The quantitative estimate of drug-likeness (QED) is 0.731. The van der Waals surface area contributed by atoms with Crippen molar-refractivity contribution in [1.82, 2.24) is 9.97 Å². The molecule has 0 spiro atoms. The monoisotopic (exact) mass is 309 g/mol. The smallest absolute Gasteiger partial charge is 0.159 e. The largest absolute Gasteiger partial charge is 0.456 e. The maximum atomic E-state index is 13.3. The third kappa shape index (κ3) is 3.30. The molecule has 0 unspecified atom stereocenters. The summed E-state index contributed by atoms with van der Waals surface area (Å²) in [4.78, 5) is 7.88. The highest BCUT2D eigenvalue weighted by atomic mass is 19.2. The van der Waals surface area contributed by atoms with Gasteiger partial charge in [0.15, 0.2) is 11.6 Å². The molecule has 0 N–H and O–H groups in total. The Bertz CT molecular complexity index is 906. The second-order valence-electron chi connectivity index (χ2n) is 4.63. The molecule has 0 bridgehead atoms. The minimum Gasteiger partial charge on any atom is -0.456 e. The molecule has 112 valence electrons. The first-order chi connectivity index (χ1) is 11.2. The van der Waals surface area contributed by atoms with Crippen molar-refractivity contribution < 1.29 is 13.5 Å². The first-order valence-corrected chi connectivity index (χ1v) is 6.60. The molecule has 0 saturated carbocycles. The summed E-state index contributed by atoms with van der Waals surface area (Å²) < 4.78 is 32.0. The molecular formula is C17H9F2N3O. The van der Waals surface area contributed by atoms with Gasteiger partial charge in [0.25, 0.3) is 0 Å². The van der Waals surface area contributed by atoms with Gasteiger partial charge in [-0.05, 0) is 29.8 Å². The first-order valence-electron chi connectivity index (χ1n) is 6.60. The number of pyridine rings is 2. The SMILES string of the molecule is N#Cc1cc(Oc2cncc(-c3ccc(F)c(F)c3)c2)ccn1. The molecule has 0 atom stereocenters. The fourth-order valence-electron chi connectivity index (χ4n) is 1.98. The van der Waals surface area contributed by atoms with Crippen molar-refractivity contribution in [3.63, 3.8) is 0 Å². The lowest BCUT2D eigenvalue weighted by atomic mass is 10.1. The molecule has 3 aromatic rings. The number of hydrogen-bond donors (Lipinski definition) is 0. The molecule has 0 radical (unpaired) electrons. The van der Waals surface area contributed by atoms with Gasteiger partial charge in [-0.1, -0.05) is 6.07 Å². The summed E-state index contributed by atoms with van der Waals surface area (Å²) in [6.07, 6.45) is 4.46. The fourth-order valence-corrected chi connectivity index (χ4v) is 1.98. The van der Waals surface area contributed by atoms with Crippen LogP contribution in [0.1, 0.15) is 5.69 Å². The second kappa shape index (κ2) is 6.20. The van der Waals surface area contributed by atoms with Crippen LogP contribution in [0.25, 0.3) is 11.1 Å². The summed E-state index contributed by atoms with van der Waals surface area (Å²) in [7, 11) is 0. The van der Waals surface area contributed by atoms with Crippen molar-refractivity contribution in [2.24, 2.45) is 0 Å². The first kappa shape index (κ1) is 14.6. The summed E-state index contributed by atoms with van der Waals surface area (Å²) >= 11 is 0. The van der Waals surface area contributed by atoms with Crippen LogP contribution in [-0.2, 0) is 0 Å². The minimum absolute atomic E-state index is 0.229. The highest BCUT2D eigenvalue weighted by Gasteiger charge is 2.07. The van der Waals surface area contributed by atoms with Gasteiger partial charge in [0, 0.05) is 24.0 Å². The van der Waals surface area contributed by atoms with Gasteiger partial charge in [0.05, 0.1) is 6.20 Å². The Kier molecular flexibility index (Phi) is 3.93. The molecule has 2 heterocycles. The molecule has 0 saturated heterocycles. The molecule has 4 nitrogen and oxygen atoms in total. The van der Waals surface area contributed by atoms with Crippen LogP contribution in [0.3, 0.4) is 0 Å². The lowest BCUT2D eigenvalue weighted by Gasteiger charge is -2.07. The molecule has 3 rings (SSSR count). The van der Waals surface area contributed by atoms with Crippen molar-refractivity contribution >= 4 is 0 Å². The Morgan fingerprint density at radius 1 is 0.913 bits per heavy atom. The maximum Gasteiger partial charge on any atom is 0.159 e. The van der Waals surface area contributed by atoms with Crippen LogP contribution in [0.15, 0.2) is 55.0 Å². The third-order valence-electron chi connectivity index (χ3n) is 3.05. The van der Waals surface area contributed by atoms with Crippen LogP contribution in [0, 0.1) is 23.0 Å².